The zero-order chi connectivity index (χ0) is 18.8. The third-order valence-electron chi connectivity index (χ3n) is 4.09. The number of ether oxygens (including phenoxy) is 1. The third-order valence-corrected chi connectivity index (χ3v) is 4.33. The maximum Gasteiger partial charge on any atom is 0.259 e. The zero-order valence-corrected chi connectivity index (χ0v) is 15.2. The van der Waals surface area contributed by atoms with Crippen LogP contribution in [-0.2, 0) is 0 Å². The summed E-state index contributed by atoms with van der Waals surface area (Å²) < 4.78 is 11.0. The van der Waals surface area contributed by atoms with Crippen molar-refractivity contribution >= 4 is 34.3 Å². The van der Waals surface area contributed by atoms with Crippen molar-refractivity contribution in [1.82, 2.24) is 4.98 Å². The molecule has 27 heavy (non-hydrogen) atoms. The van der Waals surface area contributed by atoms with Crippen LogP contribution in [0.1, 0.15) is 10.4 Å². The van der Waals surface area contributed by atoms with E-state index in [1.807, 2.05) is 18.2 Å². The first kappa shape index (κ1) is 17.1. The molecule has 0 bridgehead atoms. The molecule has 0 fully saturated rings. The fourth-order valence-electron chi connectivity index (χ4n) is 2.75. The van der Waals surface area contributed by atoms with Gasteiger partial charge in [0.2, 0.25) is 5.89 Å². The number of anilines is 1. The number of nitrogens with one attached hydrogen (secondary N) is 1. The number of benzene rings is 3. The summed E-state index contributed by atoms with van der Waals surface area (Å²) in [6.07, 6.45) is 0. The second-order valence-corrected chi connectivity index (χ2v) is 6.30. The number of aromatic nitrogens is 1. The lowest BCUT2D eigenvalue weighted by molar-refractivity contribution is 0.102. The average molecular weight is 379 g/mol. The average Bonchev–Trinajstić information content (AvgIpc) is 3.11. The first-order valence-corrected chi connectivity index (χ1v) is 8.63. The molecule has 1 N–H and O–H groups in total. The van der Waals surface area contributed by atoms with E-state index in [1.165, 1.54) is 7.11 Å². The number of amides is 1. The minimum Gasteiger partial charge on any atom is -0.496 e. The van der Waals surface area contributed by atoms with Crippen LogP contribution in [0.15, 0.2) is 71.1 Å². The smallest absolute Gasteiger partial charge is 0.259 e. The van der Waals surface area contributed by atoms with Gasteiger partial charge in [0.15, 0.2) is 5.58 Å². The summed E-state index contributed by atoms with van der Waals surface area (Å²) in [6, 6.07) is 19.6. The molecule has 0 atom stereocenters. The Morgan fingerprint density at radius 2 is 1.85 bits per heavy atom. The van der Waals surface area contributed by atoms with Crippen LogP contribution >= 0.6 is 11.6 Å². The van der Waals surface area contributed by atoms with Crippen molar-refractivity contribution in [3.05, 3.63) is 77.3 Å². The molecule has 0 saturated carbocycles. The van der Waals surface area contributed by atoms with E-state index >= 15 is 0 Å². The third kappa shape index (κ3) is 3.50. The molecule has 3 aromatic carbocycles. The Bertz CT molecular complexity index is 1120. The molecule has 0 spiro atoms. The van der Waals surface area contributed by atoms with Gasteiger partial charge in [0.1, 0.15) is 11.3 Å². The number of oxazole rings is 1. The molecule has 1 aromatic heterocycles. The molecule has 6 heteroatoms. The van der Waals surface area contributed by atoms with E-state index in [-0.39, 0.29) is 5.91 Å². The Balaban J connectivity index is 1.55. The predicted octanol–water partition coefficient (Wildman–Crippen LogP) is 5.41. The number of carbonyl (C=O) groups is 1. The lowest BCUT2D eigenvalue weighted by Gasteiger charge is -2.09. The minimum absolute atomic E-state index is 0.239. The van der Waals surface area contributed by atoms with E-state index in [4.69, 9.17) is 20.8 Å². The van der Waals surface area contributed by atoms with Gasteiger partial charge in [0.05, 0.1) is 12.7 Å². The van der Waals surface area contributed by atoms with Crippen molar-refractivity contribution in [2.24, 2.45) is 0 Å². The molecule has 4 aromatic rings. The van der Waals surface area contributed by atoms with Gasteiger partial charge in [0, 0.05) is 16.3 Å². The zero-order valence-electron chi connectivity index (χ0n) is 14.4. The monoisotopic (exact) mass is 378 g/mol. The predicted molar refractivity (Wildman–Crippen MR) is 105 cm³/mol. The summed E-state index contributed by atoms with van der Waals surface area (Å²) in [7, 11) is 1.54. The quantitative estimate of drug-likeness (QED) is 0.515. The molecule has 0 aliphatic heterocycles. The lowest BCUT2D eigenvalue weighted by atomic mass is 10.1. The molecule has 5 nitrogen and oxygen atoms in total. The number of fused-ring (bicyclic) bond motifs is 1. The van der Waals surface area contributed by atoms with Crippen LogP contribution in [0.25, 0.3) is 22.6 Å². The maximum absolute atomic E-state index is 12.5. The number of halogens is 1. The second-order valence-electron chi connectivity index (χ2n) is 5.86. The fourth-order valence-corrected chi connectivity index (χ4v) is 2.92. The number of methoxy groups -OCH3 is 1. The summed E-state index contributed by atoms with van der Waals surface area (Å²) in [4.78, 5) is 16.9. The summed E-state index contributed by atoms with van der Waals surface area (Å²) in [6.45, 7) is 0. The van der Waals surface area contributed by atoms with Gasteiger partial charge < -0.3 is 14.5 Å². The number of rotatable bonds is 4. The van der Waals surface area contributed by atoms with Crippen molar-refractivity contribution in [2.75, 3.05) is 12.4 Å². The standard InChI is InChI=1S/C21H15ClN2O3/c1-26-18-5-3-2-4-16(18)20(25)23-15-9-6-13(7-10-15)21-24-17-12-14(22)8-11-19(17)27-21/h2-12H,1H3,(H,23,25). The molecular weight excluding hydrogens is 364 g/mol. The number of nitrogens with zero attached hydrogens (tertiary/aromatic N) is 1. The van der Waals surface area contributed by atoms with E-state index < -0.39 is 0 Å². The minimum atomic E-state index is -0.239. The van der Waals surface area contributed by atoms with Gasteiger partial charge in [0.25, 0.3) is 5.91 Å². The fraction of sp³-hybridized carbons (Fsp3) is 0.0476. The topological polar surface area (TPSA) is 64.4 Å². The van der Waals surface area contributed by atoms with E-state index in [0.717, 1.165) is 5.56 Å². The van der Waals surface area contributed by atoms with Gasteiger partial charge in [-0.15, -0.1) is 0 Å². The number of hydrogen-bond acceptors (Lipinski definition) is 4. The van der Waals surface area contributed by atoms with Crippen LogP contribution < -0.4 is 10.1 Å². The highest BCUT2D eigenvalue weighted by Crippen LogP contribution is 2.27. The Labute approximate surface area is 160 Å². The Kier molecular flexibility index (Phi) is 4.52. The number of hydrogen-bond donors (Lipinski definition) is 1. The van der Waals surface area contributed by atoms with E-state index in [9.17, 15) is 4.79 Å². The summed E-state index contributed by atoms with van der Waals surface area (Å²) in [5.74, 6) is 0.781. The molecule has 0 radical (unpaired) electrons. The maximum atomic E-state index is 12.5. The highest BCUT2D eigenvalue weighted by Gasteiger charge is 2.12. The summed E-state index contributed by atoms with van der Waals surface area (Å²) in [5, 5.41) is 3.47. The van der Waals surface area contributed by atoms with Crippen LogP contribution in [0, 0.1) is 0 Å². The van der Waals surface area contributed by atoms with Crippen LogP contribution in [-0.4, -0.2) is 18.0 Å². The Hall–Kier alpha value is -3.31. The molecule has 1 heterocycles. The number of para-hydroxylation sites is 1. The first-order chi connectivity index (χ1) is 13.1. The van der Waals surface area contributed by atoms with Gasteiger partial charge in [-0.25, -0.2) is 4.98 Å². The van der Waals surface area contributed by atoms with Crippen molar-refractivity contribution in [3.8, 4) is 17.2 Å². The molecule has 0 saturated heterocycles. The van der Waals surface area contributed by atoms with Gasteiger partial charge in [-0.3, -0.25) is 4.79 Å². The Morgan fingerprint density at radius 1 is 1.07 bits per heavy atom. The van der Waals surface area contributed by atoms with Crippen molar-refractivity contribution in [3.63, 3.8) is 0 Å². The van der Waals surface area contributed by atoms with Crippen LogP contribution in [0.5, 0.6) is 5.75 Å². The number of carbonyl (C=O) groups excluding carboxylic acids is 1. The summed E-state index contributed by atoms with van der Waals surface area (Å²) >= 11 is 5.98. The van der Waals surface area contributed by atoms with E-state index in [1.54, 1.807) is 48.5 Å². The van der Waals surface area contributed by atoms with Crippen molar-refractivity contribution in [1.29, 1.82) is 0 Å². The molecule has 4 rings (SSSR count). The molecule has 134 valence electrons. The van der Waals surface area contributed by atoms with Crippen LogP contribution in [0.3, 0.4) is 0 Å². The summed E-state index contributed by atoms with van der Waals surface area (Å²) in [5.41, 5.74) is 3.31. The molecule has 1 amide bonds. The van der Waals surface area contributed by atoms with Gasteiger partial charge >= 0.3 is 0 Å². The highest BCUT2D eigenvalue weighted by molar-refractivity contribution is 6.31. The van der Waals surface area contributed by atoms with E-state index in [0.29, 0.717) is 39.0 Å². The molecule has 0 unspecified atom stereocenters. The highest BCUT2D eigenvalue weighted by atomic mass is 35.5. The largest absolute Gasteiger partial charge is 0.496 e. The van der Waals surface area contributed by atoms with Crippen molar-refractivity contribution < 1.29 is 13.9 Å². The Morgan fingerprint density at radius 3 is 2.63 bits per heavy atom. The second kappa shape index (κ2) is 7.13. The van der Waals surface area contributed by atoms with Gasteiger partial charge in [-0.1, -0.05) is 23.7 Å². The lowest BCUT2D eigenvalue weighted by Crippen LogP contribution is -2.12. The van der Waals surface area contributed by atoms with Gasteiger partial charge in [-0.05, 0) is 54.6 Å². The van der Waals surface area contributed by atoms with Crippen LogP contribution in [0.2, 0.25) is 5.02 Å². The molecule has 0 aliphatic carbocycles. The van der Waals surface area contributed by atoms with Crippen molar-refractivity contribution in [2.45, 2.75) is 0 Å². The SMILES string of the molecule is COc1ccccc1C(=O)Nc1ccc(-c2nc3cc(Cl)ccc3o2)cc1. The van der Waals surface area contributed by atoms with Gasteiger partial charge in [-0.2, -0.15) is 0 Å². The molecule has 0 aliphatic rings. The molecular formula is C21H15ClN2O3. The normalized spacial score (nSPS) is 10.7. The van der Waals surface area contributed by atoms with Crippen LogP contribution in [0.4, 0.5) is 5.69 Å². The first-order valence-electron chi connectivity index (χ1n) is 8.25. The van der Waals surface area contributed by atoms with E-state index in [2.05, 4.69) is 10.3 Å².